The van der Waals surface area contributed by atoms with Crippen LogP contribution in [0.2, 0.25) is 0 Å². The summed E-state index contributed by atoms with van der Waals surface area (Å²) in [5.41, 5.74) is 9.84. The van der Waals surface area contributed by atoms with E-state index in [1.54, 1.807) is 0 Å². The van der Waals surface area contributed by atoms with E-state index in [0.29, 0.717) is 0 Å². The summed E-state index contributed by atoms with van der Waals surface area (Å²) in [6.45, 7) is 0. The van der Waals surface area contributed by atoms with Crippen LogP contribution >= 0.6 is 19.1 Å². The van der Waals surface area contributed by atoms with Gasteiger partial charge in [0.1, 0.15) is 0 Å². The third kappa shape index (κ3) is 3.23. The monoisotopic (exact) mass is 220 g/mol. The van der Waals surface area contributed by atoms with E-state index >= 15 is 0 Å². The molecule has 0 amide bonds. The molecular formula is CH4Cl2N2Pd. The molecule has 0 aromatic heterocycles. The Morgan fingerprint density at radius 2 is 1.50 bits per heavy atom. The molecule has 0 radical (unpaired) electrons. The van der Waals surface area contributed by atoms with Crippen LogP contribution in [0.1, 0.15) is 0 Å². The number of rotatable bonds is 0. The van der Waals surface area contributed by atoms with Crippen molar-refractivity contribution in [1.82, 2.24) is 0 Å². The van der Waals surface area contributed by atoms with E-state index in [2.05, 4.69) is 0 Å². The first-order valence-electron chi connectivity index (χ1n) is 0.975. The Morgan fingerprint density at radius 3 is 1.50 bits per heavy atom. The van der Waals surface area contributed by atoms with Crippen LogP contribution in [0.25, 0.3) is 0 Å². The molecule has 42 valence electrons. The summed E-state index contributed by atoms with van der Waals surface area (Å²) in [7, 11) is 10.4. The molecule has 0 spiro atoms. The van der Waals surface area contributed by atoms with E-state index in [1.165, 1.54) is 0 Å². The molecule has 6 heavy (non-hydrogen) atoms. The molecule has 0 heterocycles. The first-order valence-corrected chi connectivity index (χ1v) is 5.76. The van der Waals surface area contributed by atoms with E-state index < -0.39 is 14.3 Å². The summed E-state index contributed by atoms with van der Waals surface area (Å²) in [6.07, 6.45) is 0. The Bertz CT molecular complexity index is 61.6. The summed E-state index contributed by atoms with van der Waals surface area (Å²) in [5.74, 6) is 0. The molecule has 0 unspecified atom stereocenters. The summed E-state index contributed by atoms with van der Waals surface area (Å²) in [6, 6.07) is 0. The average molecular weight is 221 g/mol. The minimum atomic E-state index is -1.65. The topological polar surface area (TPSA) is 52.0 Å². The Hall–Kier alpha value is 1.03. The Balaban J connectivity index is 3.68. The van der Waals surface area contributed by atoms with Crippen molar-refractivity contribution >= 4 is 23.3 Å². The molecule has 0 bridgehead atoms. The molecule has 0 aliphatic heterocycles. The Labute approximate surface area is 49.1 Å². The van der Waals surface area contributed by atoms with Crippen molar-refractivity contribution in [3.63, 3.8) is 0 Å². The van der Waals surface area contributed by atoms with Crippen molar-refractivity contribution in [2.24, 2.45) is 11.5 Å². The zero-order valence-corrected chi connectivity index (χ0v) is 5.79. The molecule has 0 saturated heterocycles. The van der Waals surface area contributed by atoms with Gasteiger partial charge < -0.3 is 0 Å². The van der Waals surface area contributed by atoms with Crippen LogP contribution < -0.4 is 11.5 Å². The van der Waals surface area contributed by atoms with E-state index in [0.717, 1.165) is 0 Å². The van der Waals surface area contributed by atoms with Crippen LogP contribution in [-0.2, 0) is 14.3 Å². The Morgan fingerprint density at radius 1 is 1.33 bits per heavy atom. The maximum atomic E-state index is 5.21. The second-order valence-electron chi connectivity index (χ2n) is 0.514. The van der Waals surface area contributed by atoms with Gasteiger partial charge in [-0.15, -0.1) is 0 Å². The van der Waals surface area contributed by atoms with Gasteiger partial charge >= 0.3 is 49.0 Å². The van der Waals surface area contributed by atoms with E-state index in [9.17, 15) is 0 Å². The van der Waals surface area contributed by atoms with Crippen LogP contribution in [-0.4, -0.2) is 4.23 Å². The van der Waals surface area contributed by atoms with Gasteiger partial charge in [-0.25, -0.2) is 0 Å². The molecule has 0 rings (SSSR count). The minimum absolute atomic E-state index is 0.157. The molecule has 0 saturated carbocycles. The van der Waals surface area contributed by atoms with E-state index in [-0.39, 0.29) is 4.23 Å². The number of halogens is 2. The fourth-order valence-corrected chi connectivity index (χ4v) is 0. The fourth-order valence-electron chi connectivity index (χ4n) is 0. The summed E-state index contributed by atoms with van der Waals surface area (Å²) in [5, 5.41) is 0. The number of hydrogen-bond donors (Lipinski definition) is 2. The van der Waals surface area contributed by atoms with Crippen molar-refractivity contribution in [3.05, 3.63) is 0 Å². The molecular weight excluding hydrogens is 217 g/mol. The maximum absolute atomic E-state index is 5.21. The predicted octanol–water partition coefficient (Wildman–Crippen LogP) is -0.0830. The molecule has 4 N–H and O–H groups in total. The van der Waals surface area contributed by atoms with Gasteiger partial charge in [0.05, 0.1) is 0 Å². The normalized spacial score (nSPS) is 11.0. The summed E-state index contributed by atoms with van der Waals surface area (Å²) < 4.78 is 0.157. The molecule has 0 aliphatic rings. The molecule has 5 heteroatoms. The standard InChI is InChI=1S/CH4N2.2ClH.Pd/c2-1-3;;;/h2-3H2;2*1H;/q;;;+2/p-2. The van der Waals surface area contributed by atoms with Crippen molar-refractivity contribution in [1.29, 1.82) is 0 Å². The predicted molar refractivity (Wildman–Crippen MR) is 25.1 cm³/mol. The van der Waals surface area contributed by atoms with Crippen molar-refractivity contribution in [2.45, 2.75) is 0 Å². The number of nitrogens with two attached hydrogens (primary N) is 2. The van der Waals surface area contributed by atoms with Gasteiger partial charge in [-0.1, -0.05) is 0 Å². The summed E-state index contributed by atoms with van der Waals surface area (Å²) >= 11 is -1.65. The van der Waals surface area contributed by atoms with Gasteiger partial charge in [0.15, 0.2) is 0 Å². The van der Waals surface area contributed by atoms with Gasteiger partial charge in [-0.2, -0.15) is 0 Å². The van der Waals surface area contributed by atoms with Crippen LogP contribution in [0, 0.1) is 0 Å². The van der Waals surface area contributed by atoms with Crippen LogP contribution in [0.5, 0.6) is 0 Å². The van der Waals surface area contributed by atoms with Gasteiger partial charge in [0.25, 0.3) is 0 Å². The van der Waals surface area contributed by atoms with Crippen molar-refractivity contribution < 1.29 is 14.3 Å². The number of hydrogen-bond acceptors (Lipinski definition) is 2. The van der Waals surface area contributed by atoms with Crippen LogP contribution in [0.4, 0.5) is 0 Å². The fraction of sp³-hybridized carbons (Fsp3) is 0. The van der Waals surface area contributed by atoms with Crippen molar-refractivity contribution in [2.75, 3.05) is 0 Å². The third-order valence-corrected chi connectivity index (χ3v) is 2.45. The summed E-state index contributed by atoms with van der Waals surface area (Å²) in [4.78, 5) is 0. The third-order valence-electron chi connectivity index (χ3n) is 0.138. The zero-order chi connectivity index (χ0) is 5.15. The van der Waals surface area contributed by atoms with Crippen LogP contribution in [0.3, 0.4) is 0 Å². The first kappa shape index (κ1) is 7.03. The molecule has 0 aromatic carbocycles. The molecule has 0 aromatic rings. The molecule has 0 fully saturated rings. The van der Waals surface area contributed by atoms with E-state index in [1.807, 2.05) is 0 Å². The molecule has 2 nitrogen and oxygen atoms in total. The van der Waals surface area contributed by atoms with Crippen molar-refractivity contribution in [3.8, 4) is 0 Å². The molecule has 0 atom stereocenters. The van der Waals surface area contributed by atoms with E-state index in [4.69, 9.17) is 30.5 Å². The van der Waals surface area contributed by atoms with Gasteiger partial charge in [0, 0.05) is 0 Å². The van der Waals surface area contributed by atoms with Gasteiger partial charge in [-0.05, 0) is 0 Å². The first-order chi connectivity index (χ1) is 2.64. The zero-order valence-electron chi connectivity index (χ0n) is 2.73. The second kappa shape index (κ2) is 3.09. The molecule has 0 aliphatic carbocycles. The quantitative estimate of drug-likeness (QED) is 0.562. The Kier molecular flexibility index (Phi) is 3.62. The SMILES string of the molecule is N[C](N)=[Pd]([Cl])[Cl]. The average Bonchev–Trinajstić information content (AvgIpc) is 1.36. The van der Waals surface area contributed by atoms with Gasteiger partial charge in [-0.3, -0.25) is 0 Å². The van der Waals surface area contributed by atoms with Gasteiger partial charge in [0.2, 0.25) is 0 Å². The second-order valence-corrected chi connectivity index (χ2v) is 5.77. The van der Waals surface area contributed by atoms with Crippen LogP contribution in [0.15, 0.2) is 0 Å².